The normalized spacial score (nSPS) is 23.0. The van der Waals surface area contributed by atoms with Gasteiger partial charge < -0.3 is 14.6 Å². The van der Waals surface area contributed by atoms with E-state index in [0.717, 1.165) is 12.1 Å². The minimum absolute atomic E-state index is 0.108. The van der Waals surface area contributed by atoms with Gasteiger partial charge in [-0.15, -0.1) is 0 Å². The molecule has 2 heterocycles. The number of rotatable bonds is 4. The van der Waals surface area contributed by atoms with Gasteiger partial charge in [0.05, 0.1) is 32.4 Å². The SMILES string of the molecule is COC(=O)CC1(c2cccc(CO)n2)CCOC1. The van der Waals surface area contributed by atoms with E-state index in [-0.39, 0.29) is 19.0 Å². The molecule has 0 bridgehead atoms. The maximum atomic E-state index is 11.5. The minimum atomic E-state index is -0.418. The molecule has 1 unspecified atom stereocenters. The average Bonchev–Trinajstić information content (AvgIpc) is 2.88. The first kappa shape index (κ1) is 13.0. The van der Waals surface area contributed by atoms with Gasteiger partial charge in [-0.2, -0.15) is 0 Å². The zero-order valence-electron chi connectivity index (χ0n) is 10.4. The molecule has 1 fully saturated rings. The fraction of sp³-hybridized carbons (Fsp3) is 0.538. The van der Waals surface area contributed by atoms with E-state index in [1.54, 1.807) is 6.07 Å². The van der Waals surface area contributed by atoms with Gasteiger partial charge in [0.25, 0.3) is 0 Å². The lowest BCUT2D eigenvalue weighted by Crippen LogP contribution is -2.31. The van der Waals surface area contributed by atoms with Crippen molar-refractivity contribution >= 4 is 5.97 Å². The molecule has 0 aliphatic carbocycles. The lowest BCUT2D eigenvalue weighted by molar-refractivity contribution is -0.142. The fourth-order valence-electron chi connectivity index (χ4n) is 2.25. The van der Waals surface area contributed by atoms with Gasteiger partial charge in [0, 0.05) is 17.7 Å². The highest BCUT2D eigenvalue weighted by atomic mass is 16.5. The Morgan fingerprint density at radius 2 is 2.44 bits per heavy atom. The van der Waals surface area contributed by atoms with Crippen molar-refractivity contribution in [1.29, 1.82) is 0 Å². The topological polar surface area (TPSA) is 68.7 Å². The Balaban J connectivity index is 2.31. The smallest absolute Gasteiger partial charge is 0.306 e. The summed E-state index contributed by atoms with van der Waals surface area (Å²) in [6.45, 7) is 0.967. The number of hydrogen-bond acceptors (Lipinski definition) is 5. The molecule has 1 atom stereocenters. The molecular formula is C13H17NO4. The summed E-state index contributed by atoms with van der Waals surface area (Å²) in [5.41, 5.74) is 0.971. The molecule has 18 heavy (non-hydrogen) atoms. The quantitative estimate of drug-likeness (QED) is 0.801. The lowest BCUT2D eigenvalue weighted by Gasteiger charge is -2.25. The Bertz CT molecular complexity index is 427. The summed E-state index contributed by atoms with van der Waals surface area (Å²) in [4.78, 5) is 15.9. The monoisotopic (exact) mass is 251 g/mol. The number of pyridine rings is 1. The molecule has 0 radical (unpaired) electrons. The van der Waals surface area contributed by atoms with E-state index in [9.17, 15) is 4.79 Å². The molecule has 0 amide bonds. The lowest BCUT2D eigenvalue weighted by atomic mass is 9.80. The number of ether oxygens (including phenoxy) is 2. The van der Waals surface area contributed by atoms with Gasteiger partial charge in [0.15, 0.2) is 0 Å². The average molecular weight is 251 g/mol. The molecule has 1 aliphatic rings. The summed E-state index contributed by atoms with van der Waals surface area (Å²) >= 11 is 0. The van der Waals surface area contributed by atoms with Crippen LogP contribution in [-0.4, -0.2) is 36.4 Å². The van der Waals surface area contributed by atoms with Crippen LogP contribution in [0.4, 0.5) is 0 Å². The molecule has 5 heteroatoms. The number of aromatic nitrogens is 1. The van der Waals surface area contributed by atoms with Crippen molar-refractivity contribution in [2.24, 2.45) is 0 Å². The van der Waals surface area contributed by atoms with Crippen molar-refractivity contribution in [2.45, 2.75) is 24.9 Å². The second-order valence-corrected chi connectivity index (χ2v) is 4.51. The molecular weight excluding hydrogens is 234 g/mol. The second-order valence-electron chi connectivity index (χ2n) is 4.51. The molecule has 5 nitrogen and oxygen atoms in total. The molecule has 0 spiro atoms. The van der Waals surface area contributed by atoms with Crippen LogP contribution in [0.1, 0.15) is 24.2 Å². The van der Waals surface area contributed by atoms with Crippen LogP contribution in [-0.2, 0) is 26.3 Å². The Kier molecular flexibility index (Phi) is 3.93. The van der Waals surface area contributed by atoms with Gasteiger partial charge in [-0.1, -0.05) is 6.07 Å². The number of carbonyl (C=O) groups excluding carboxylic acids is 1. The highest BCUT2D eigenvalue weighted by Crippen LogP contribution is 2.35. The van der Waals surface area contributed by atoms with Crippen molar-refractivity contribution in [1.82, 2.24) is 4.98 Å². The Morgan fingerprint density at radius 1 is 1.61 bits per heavy atom. The number of aliphatic hydroxyl groups excluding tert-OH is 1. The summed E-state index contributed by atoms with van der Waals surface area (Å²) in [7, 11) is 1.38. The standard InChI is InChI=1S/C13H17NO4/c1-17-12(16)7-13(5-6-18-9-13)11-4-2-3-10(8-15)14-11/h2-4,15H,5-9H2,1H3. The van der Waals surface area contributed by atoms with E-state index in [2.05, 4.69) is 4.98 Å². The first-order valence-electron chi connectivity index (χ1n) is 5.92. The van der Waals surface area contributed by atoms with Crippen molar-refractivity contribution in [3.8, 4) is 0 Å². The van der Waals surface area contributed by atoms with Gasteiger partial charge in [0.2, 0.25) is 0 Å². The van der Waals surface area contributed by atoms with Crippen molar-refractivity contribution < 1.29 is 19.4 Å². The Morgan fingerprint density at radius 3 is 3.06 bits per heavy atom. The van der Waals surface area contributed by atoms with Gasteiger partial charge in [0.1, 0.15) is 0 Å². The predicted molar refractivity (Wildman–Crippen MR) is 63.9 cm³/mol. The van der Waals surface area contributed by atoms with Crippen LogP contribution < -0.4 is 0 Å². The number of methoxy groups -OCH3 is 1. The molecule has 1 saturated heterocycles. The highest BCUT2D eigenvalue weighted by molar-refractivity contribution is 5.71. The number of carbonyl (C=O) groups is 1. The van der Waals surface area contributed by atoms with Gasteiger partial charge in [-0.25, -0.2) is 0 Å². The summed E-state index contributed by atoms with van der Waals surface area (Å²) < 4.78 is 10.2. The third-order valence-electron chi connectivity index (χ3n) is 3.33. The van der Waals surface area contributed by atoms with Crippen LogP contribution in [0.15, 0.2) is 18.2 Å². The summed E-state index contributed by atoms with van der Waals surface area (Å²) in [6, 6.07) is 5.47. The summed E-state index contributed by atoms with van der Waals surface area (Å²) in [5.74, 6) is -0.267. The molecule has 0 aromatic carbocycles. The molecule has 1 aliphatic heterocycles. The number of esters is 1. The van der Waals surface area contributed by atoms with Crippen LogP contribution >= 0.6 is 0 Å². The van der Waals surface area contributed by atoms with E-state index < -0.39 is 5.41 Å². The van der Waals surface area contributed by atoms with Crippen LogP contribution in [0.5, 0.6) is 0 Å². The Labute approximate surface area is 106 Å². The maximum absolute atomic E-state index is 11.5. The number of aliphatic hydroxyl groups is 1. The highest BCUT2D eigenvalue weighted by Gasteiger charge is 2.40. The molecule has 2 rings (SSSR count). The molecule has 98 valence electrons. The third kappa shape index (κ3) is 2.52. The largest absolute Gasteiger partial charge is 0.469 e. The molecule has 1 aromatic heterocycles. The van der Waals surface area contributed by atoms with Crippen LogP contribution in [0.3, 0.4) is 0 Å². The first-order chi connectivity index (χ1) is 8.70. The molecule has 0 saturated carbocycles. The fourth-order valence-corrected chi connectivity index (χ4v) is 2.25. The van der Waals surface area contributed by atoms with Crippen molar-refractivity contribution in [3.63, 3.8) is 0 Å². The van der Waals surface area contributed by atoms with E-state index in [1.807, 2.05) is 12.1 Å². The third-order valence-corrected chi connectivity index (χ3v) is 3.33. The predicted octanol–water partition coefficient (Wildman–Crippen LogP) is 0.795. The van der Waals surface area contributed by atoms with Crippen molar-refractivity contribution in [2.75, 3.05) is 20.3 Å². The zero-order valence-corrected chi connectivity index (χ0v) is 10.4. The van der Waals surface area contributed by atoms with Gasteiger partial charge in [-0.05, 0) is 18.6 Å². The summed E-state index contributed by atoms with van der Waals surface area (Å²) in [6.07, 6.45) is 0.995. The number of nitrogens with zero attached hydrogens (tertiary/aromatic N) is 1. The van der Waals surface area contributed by atoms with Crippen molar-refractivity contribution in [3.05, 3.63) is 29.6 Å². The van der Waals surface area contributed by atoms with E-state index in [4.69, 9.17) is 14.6 Å². The molecule has 1 N–H and O–H groups in total. The molecule has 1 aromatic rings. The summed E-state index contributed by atoms with van der Waals surface area (Å²) in [5, 5.41) is 9.13. The second kappa shape index (κ2) is 5.46. The zero-order chi connectivity index (χ0) is 13.0. The van der Waals surface area contributed by atoms with Crippen LogP contribution in [0.25, 0.3) is 0 Å². The Hall–Kier alpha value is -1.46. The van der Waals surface area contributed by atoms with Gasteiger partial charge in [-0.3, -0.25) is 9.78 Å². The first-order valence-corrected chi connectivity index (χ1v) is 5.92. The van der Waals surface area contributed by atoms with Crippen LogP contribution in [0, 0.1) is 0 Å². The minimum Gasteiger partial charge on any atom is -0.469 e. The van der Waals surface area contributed by atoms with Gasteiger partial charge >= 0.3 is 5.97 Å². The number of hydrogen-bond donors (Lipinski definition) is 1. The maximum Gasteiger partial charge on any atom is 0.306 e. The van der Waals surface area contributed by atoms with Crippen LogP contribution in [0.2, 0.25) is 0 Å². The van der Waals surface area contributed by atoms with E-state index in [0.29, 0.717) is 18.9 Å². The van der Waals surface area contributed by atoms with E-state index >= 15 is 0 Å². The van der Waals surface area contributed by atoms with E-state index in [1.165, 1.54) is 7.11 Å².